The summed E-state index contributed by atoms with van der Waals surface area (Å²) in [4.78, 5) is 38.6. The number of anilines is 2. The highest BCUT2D eigenvalue weighted by Crippen LogP contribution is 2.35. The Morgan fingerprint density at radius 1 is 0.841 bits per heavy atom. The number of hydrogen-bond donors (Lipinski definition) is 2. The van der Waals surface area contributed by atoms with Gasteiger partial charge in [0.25, 0.3) is 5.91 Å². The highest BCUT2D eigenvalue weighted by Gasteiger charge is 2.23. The lowest BCUT2D eigenvalue weighted by Gasteiger charge is -2.23. The highest BCUT2D eigenvalue weighted by atomic mass is 35.5. The summed E-state index contributed by atoms with van der Waals surface area (Å²) >= 11 is 6.34. The van der Waals surface area contributed by atoms with Gasteiger partial charge in [-0.3, -0.25) is 14.4 Å². The highest BCUT2D eigenvalue weighted by molar-refractivity contribution is 6.34. The number of Topliss-reactive ketones (excluding diaryl/α,β-unsaturated/α-hetero) is 1. The van der Waals surface area contributed by atoms with E-state index >= 15 is 0 Å². The third-order valence-corrected chi connectivity index (χ3v) is 8.08. The number of ether oxygens (including phenoxy) is 2. The molecular formula is C36H45ClN2O5. The number of rotatable bonds is 16. The van der Waals surface area contributed by atoms with Crippen LogP contribution in [0.3, 0.4) is 0 Å². The minimum Gasteiger partial charge on any atom is -0.497 e. The number of nitrogens with one attached hydrogen (secondary N) is 2. The average molecular weight is 621 g/mol. The third kappa shape index (κ3) is 9.58. The molecule has 3 atom stereocenters. The predicted octanol–water partition coefficient (Wildman–Crippen LogP) is 9.16. The van der Waals surface area contributed by atoms with Gasteiger partial charge in [0.15, 0.2) is 11.9 Å². The minimum atomic E-state index is -0.725. The number of benzene rings is 3. The van der Waals surface area contributed by atoms with E-state index in [1.54, 1.807) is 42.5 Å². The van der Waals surface area contributed by atoms with Crippen LogP contribution in [-0.2, 0) is 9.59 Å². The lowest BCUT2D eigenvalue weighted by molar-refractivity contribution is -0.122. The standard InChI is InChI=1S/C36H45ClN2O5/c1-7-10-23(4)26-14-19-34(29(20-26)24(5)11-8-2)44-33(9-3)36(42)38-27-15-18-30(37)31(21-27)39-35(41)22-32(40)25-12-16-28(43-6)17-13-25/h12-21,23-24,33H,7-11,22H2,1-6H3,(H,38,42)(H,39,41). The molecule has 3 rings (SSSR count). The normalized spacial score (nSPS) is 13.0. The Bertz CT molecular complexity index is 1420. The Morgan fingerprint density at radius 3 is 2.16 bits per heavy atom. The third-order valence-electron chi connectivity index (χ3n) is 7.75. The molecule has 0 aliphatic carbocycles. The number of methoxy groups -OCH3 is 1. The molecule has 3 aromatic carbocycles. The van der Waals surface area contributed by atoms with Gasteiger partial charge in [-0.25, -0.2) is 0 Å². The van der Waals surface area contributed by atoms with Gasteiger partial charge >= 0.3 is 0 Å². The fraction of sp³-hybridized carbons (Fsp3) is 0.417. The summed E-state index contributed by atoms with van der Waals surface area (Å²) in [6, 6.07) is 17.7. The lowest BCUT2D eigenvalue weighted by Crippen LogP contribution is -2.32. The van der Waals surface area contributed by atoms with E-state index in [1.165, 1.54) is 12.7 Å². The number of hydrogen-bond acceptors (Lipinski definition) is 5. The quantitative estimate of drug-likeness (QED) is 0.123. The molecule has 2 N–H and O–H groups in total. The molecule has 0 aromatic heterocycles. The molecule has 3 unspecified atom stereocenters. The zero-order valence-electron chi connectivity index (χ0n) is 26.7. The molecule has 0 bridgehead atoms. The second-order valence-electron chi connectivity index (χ2n) is 11.3. The van der Waals surface area contributed by atoms with Crippen molar-refractivity contribution in [2.75, 3.05) is 17.7 Å². The van der Waals surface area contributed by atoms with E-state index in [2.05, 4.69) is 50.5 Å². The maximum Gasteiger partial charge on any atom is 0.265 e. The van der Waals surface area contributed by atoms with Crippen molar-refractivity contribution in [2.45, 2.75) is 91.1 Å². The minimum absolute atomic E-state index is 0.281. The van der Waals surface area contributed by atoms with Gasteiger partial charge in [-0.05, 0) is 90.8 Å². The smallest absolute Gasteiger partial charge is 0.265 e. The first kappa shape index (κ1) is 34.6. The first-order valence-electron chi connectivity index (χ1n) is 15.5. The van der Waals surface area contributed by atoms with Crippen LogP contribution in [-0.4, -0.2) is 30.8 Å². The summed E-state index contributed by atoms with van der Waals surface area (Å²) in [5, 5.41) is 5.87. The molecule has 8 heteroatoms. The van der Waals surface area contributed by atoms with Crippen molar-refractivity contribution >= 4 is 40.6 Å². The summed E-state index contributed by atoms with van der Waals surface area (Å²) in [5.74, 6) is 0.931. The maximum absolute atomic E-state index is 13.4. The molecule has 3 aromatic rings. The zero-order valence-corrected chi connectivity index (χ0v) is 27.4. The van der Waals surface area contributed by atoms with Gasteiger partial charge < -0.3 is 20.1 Å². The molecule has 0 saturated carbocycles. The number of ketones is 1. The largest absolute Gasteiger partial charge is 0.497 e. The van der Waals surface area contributed by atoms with E-state index < -0.39 is 12.0 Å². The van der Waals surface area contributed by atoms with Crippen LogP contribution in [0, 0.1) is 0 Å². The van der Waals surface area contributed by atoms with Gasteiger partial charge in [0.2, 0.25) is 5.91 Å². The summed E-state index contributed by atoms with van der Waals surface area (Å²) in [6.45, 7) is 10.7. The Labute approximate surface area is 266 Å². The Balaban J connectivity index is 1.71. The molecular weight excluding hydrogens is 576 g/mol. The van der Waals surface area contributed by atoms with Crippen molar-refractivity contribution in [3.63, 3.8) is 0 Å². The van der Waals surface area contributed by atoms with Crippen molar-refractivity contribution in [3.8, 4) is 11.5 Å². The van der Waals surface area contributed by atoms with Crippen LogP contribution in [0.4, 0.5) is 11.4 Å². The van der Waals surface area contributed by atoms with Gasteiger partial charge in [-0.2, -0.15) is 0 Å². The van der Waals surface area contributed by atoms with Crippen LogP contribution in [0.25, 0.3) is 0 Å². The second kappa shape index (κ2) is 16.9. The van der Waals surface area contributed by atoms with Gasteiger partial charge in [-0.1, -0.05) is 71.2 Å². The van der Waals surface area contributed by atoms with Gasteiger partial charge in [0, 0.05) is 11.3 Å². The topological polar surface area (TPSA) is 93.7 Å². The summed E-state index contributed by atoms with van der Waals surface area (Å²) in [7, 11) is 1.54. The molecule has 236 valence electrons. The molecule has 2 amide bonds. The van der Waals surface area contributed by atoms with E-state index in [9.17, 15) is 14.4 Å². The van der Waals surface area contributed by atoms with Gasteiger partial charge in [0.1, 0.15) is 11.5 Å². The molecule has 0 saturated heterocycles. The van der Waals surface area contributed by atoms with E-state index in [4.69, 9.17) is 21.1 Å². The van der Waals surface area contributed by atoms with Crippen LogP contribution in [0.1, 0.15) is 106 Å². The summed E-state index contributed by atoms with van der Waals surface area (Å²) in [6.07, 6.45) is 3.69. The average Bonchev–Trinajstić information content (AvgIpc) is 3.01. The molecule has 0 heterocycles. The molecule has 0 aliphatic rings. The van der Waals surface area contributed by atoms with Crippen LogP contribution >= 0.6 is 11.6 Å². The fourth-order valence-electron chi connectivity index (χ4n) is 5.17. The van der Waals surface area contributed by atoms with E-state index in [1.807, 2.05) is 13.0 Å². The van der Waals surface area contributed by atoms with Crippen LogP contribution in [0.15, 0.2) is 60.7 Å². The fourth-order valence-corrected chi connectivity index (χ4v) is 5.34. The molecule has 44 heavy (non-hydrogen) atoms. The van der Waals surface area contributed by atoms with E-state index in [0.29, 0.717) is 40.9 Å². The SMILES string of the molecule is CCCC(C)c1ccc(OC(CC)C(=O)Nc2ccc(Cl)c(NC(=O)CC(=O)c3ccc(OC)cc3)c2)c(C(C)CCC)c1. The van der Waals surface area contributed by atoms with Gasteiger partial charge in [0.05, 0.1) is 24.2 Å². The number of halogens is 1. The molecule has 7 nitrogen and oxygen atoms in total. The summed E-state index contributed by atoms with van der Waals surface area (Å²) < 4.78 is 11.5. The van der Waals surface area contributed by atoms with Crippen molar-refractivity contribution in [2.24, 2.45) is 0 Å². The number of carbonyl (C=O) groups is 3. The first-order valence-corrected chi connectivity index (χ1v) is 15.9. The number of carbonyl (C=O) groups excluding carboxylic acids is 3. The Hall–Kier alpha value is -3.84. The van der Waals surface area contributed by atoms with Gasteiger partial charge in [-0.15, -0.1) is 0 Å². The predicted molar refractivity (Wildman–Crippen MR) is 178 cm³/mol. The van der Waals surface area contributed by atoms with Crippen molar-refractivity contribution in [1.29, 1.82) is 0 Å². The molecule has 0 spiro atoms. The monoisotopic (exact) mass is 620 g/mol. The second-order valence-corrected chi connectivity index (χ2v) is 11.7. The van der Waals surface area contributed by atoms with Crippen molar-refractivity contribution in [3.05, 3.63) is 82.4 Å². The molecule has 0 radical (unpaired) electrons. The van der Waals surface area contributed by atoms with E-state index in [-0.39, 0.29) is 23.1 Å². The van der Waals surface area contributed by atoms with Crippen molar-refractivity contribution in [1.82, 2.24) is 0 Å². The summed E-state index contributed by atoms with van der Waals surface area (Å²) in [5.41, 5.74) is 3.55. The Kier molecular flexibility index (Phi) is 13.3. The number of amides is 2. The molecule has 0 fully saturated rings. The zero-order chi connectivity index (χ0) is 32.2. The van der Waals surface area contributed by atoms with E-state index in [0.717, 1.165) is 37.0 Å². The lowest BCUT2D eigenvalue weighted by atomic mass is 9.89. The van der Waals surface area contributed by atoms with Crippen molar-refractivity contribution < 1.29 is 23.9 Å². The van der Waals surface area contributed by atoms with Crippen LogP contribution in [0.2, 0.25) is 5.02 Å². The van der Waals surface area contributed by atoms with Crippen LogP contribution in [0.5, 0.6) is 11.5 Å². The molecule has 0 aliphatic heterocycles. The first-order chi connectivity index (χ1) is 21.1. The maximum atomic E-state index is 13.4. The van der Waals surface area contributed by atoms with Crippen LogP contribution < -0.4 is 20.1 Å². The Morgan fingerprint density at radius 2 is 1.52 bits per heavy atom.